The first-order valence-corrected chi connectivity index (χ1v) is 5.21. The molecule has 1 N–H and O–H groups in total. The van der Waals surface area contributed by atoms with Gasteiger partial charge >= 0.3 is 5.97 Å². The van der Waals surface area contributed by atoms with E-state index in [1.54, 1.807) is 19.4 Å². The number of hydrogen-bond acceptors (Lipinski definition) is 3. The summed E-state index contributed by atoms with van der Waals surface area (Å²) in [6.45, 7) is 3.91. The van der Waals surface area contributed by atoms with Crippen LogP contribution in [-0.2, 0) is 4.79 Å². The molecule has 0 unspecified atom stereocenters. The van der Waals surface area contributed by atoms with Gasteiger partial charge in [-0.1, -0.05) is 13.8 Å². The van der Waals surface area contributed by atoms with Gasteiger partial charge in [-0.2, -0.15) is 0 Å². The van der Waals surface area contributed by atoms with Crippen LogP contribution in [0.2, 0.25) is 0 Å². The third kappa shape index (κ3) is 1.54. The van der Waals surface area contributed by atoms with Gasteiger partial charge in [-0.15, -0.1) is 0 Å². The van der Waals surface area contributed by atoms with Crippen LogP contribution in [0.1, 0.15) is 25.5 Å². The summed E-state index contributed by atoms with van der Waals surface area (Å²) in [5.41, 5.74) is 0.585. The van der Waals surface area contributed by atoms with Gasteiger partial charge in [-0.05, 0) is 11.5 Å². The zero-order chi connectivity index (χ0) is 11.9. The van der Waals surface area contributed by atoms with Crippen molar-refractivity contribution in [2.24, 2.45) is 11.3 Å². The minimum Gasteiger partial charge on any atom is -0.497 e. The number of carboxylic acid groups (broad SMARTS) is 1. The third-order valence-electron chi connectivity index (χ3n) is 3.40. The normalized spacial score (nSPS) is 26.2. The van der Waals surface area contributed by atoms with Crippen LogP contribution in [0.3, 0.4) is 0 Å². The summed E-state index contributed by atoms with van der Waals surface area (Å²) >= 11 is 0. The summed E-state index contributed by atoms with van der Waals surface area (Å²) < 4.78 is 5.11. The number of carboxylic acids is 1. The number of rotatable bonds is 3. The van der Waals surface area contributed by atoms with Crippen molar-refractivity contribution in [1.29, 1.82) is 0 Å². The molecule has 1 aliphatic rings. The summed E-state index contributed by atoms with van der Waals surface area (Å²) in [5.74, 6) is -0.385. The molecule has 1 heterocycles. The van der Waals surface area contributed by atoms with Gasteiger partial charge in [-0.25, -0.2) is 0 Å². The molecule has 1 fully saturated rings. The third-order valence-corrected chi connectivity index (χ3v) is 3.40. The zero-order valence-corrected chi connectivity index (χ0v) is 9.60. The minimum atomic E-state index is -0.750. The van der Waals surface area contributed by atoms with Crippen molar-refractivity contribution >= 4 is 5.97 Å². The Hall–Kier alpha value is -1.58. The highest BCUT2D eigenvalue weighted by Crippen LogP contribution is 2.64. The lowest BCUT2D eigenvalue weighted by Gasteiger charge is -2.04. The van der Waals surface area contributed by atoms with Crippen molar-refractivity contribution in [2.75, 3.05) is 7.11 Å². The zero-order valence-electron chi connectivity index (χ0n) is 9.60. The maximum Gasteiger partial charge on any atom is 0.307 e. The van der Waals surface area contributed by atoms with Gasteiger partial charge in [-0.3, -0.25) is 9.78 Å². The first kappa shape index (κ1) is 10.9. The maximum atomic E-state index is 11.1. The molecule has 0 radical (unpaired) electrons. The fraction of sp³-hybridized carbons (Fsp3) is 0.500. The summed E-state index contributed by atoms with van der Waals surface area (Å²) in [4.78, 5) is 15.3. The first-order valence-electron chi connectivity index (χ1n) is 5.21. The van der Waals surface area contributed by atoms with E-state index in [-0.39, 0.29) is 17.3 Å². The fourth-order valence-corrected chi connectivity index (χ4v) is 2.38. The molecule has 1 aliphatic carbocycles. The van der Waals surface area contributed by atoms with Gasteiger partial charge < -0.3 is 9.84 Å². The molecule has 4 heteroatoms. The Labute approximate surface area is 94.3 Å². The number of methoxy groups -OCH3 is 1. The van der Waals surface area contributed by atoms with E-state index < -0.39 is 5.97 Å². The van der Waals surface area contributed by atoms with Gasteiger partial charge in [0.1, 0.15) is 5.75 Å². The van der Waals surface area contributed by atoms with Crippen molar-refractivity contribution in [3.8, 4) is 5.75 Å². The second-order valence-corrected chi connectivity index (χ2v) is 4.74. The van der Waals surface area contributed by atoms with E-state index in [4.69, 9.17) is 9.84 Å². The van der Waals surface area contributed by atoms with Crippen molar-refractivity contribution in [2.45, 2.75) is 19.8 Å². The molecule has 4 nitrogen and oxygen atoms in total. The predicted molar refractivity (Wildman–Crippen MR) is 58.4 cm³/mol. The number of hydrogen-bond donors (Lipinski definition) is 1. The van der Waals surface area contributed by atoms with E-state index in [0.29, 0.717) is 0 Å². The van der Waals surface area contributed by atoms with E-state index in [0.717, 1.165) is 11.4 Å². The number of aliphatic carboxylic acids is 1. The molecule has 1 aromatic rings. The lowest BCUT2D eigenvalue weighted by atomic mass is 10.1. The maximum absolute atomic E-state index is 11.1. The van der Waals surface area contributed by atoms with Crippen LogP contribution in [-0.4, -0.2) is 23.2 Å². The van der Waals surface area contributed by atoms with Crippen LogP contribution < -0.4 is 4.74 Å². The molecule has 86 valence electrons. The Morgan fingerprint density at radius 1 is 1.56 bits per heavy atom. The minimum absolute atomic E-state index is 0.0138. The highest BCUT2D eigenvalue weighted by molar-refractivity contribution is 5.77. The van der Waals surface area contributed by atoms with Crippen molar-refractivity contribution in [3.05, 3.63) is 24.0 Å². The summed E-state index contributed by atoms with van der Waals surface area (Å²) in [6.07, 6.45) is 1.65. The lowest BCUT2D eigenvalue weighted by Crippen LogP contribution is -2.03. The summed E-state index contributed by atoms with van der Waals surface area (Å²) in [5, 5.41) is 9.09. The Balaban J connectivity index is 2.29. The van der Waals surface area contributed by atoms with E-state index >= 15 is 0 Å². The molecule has 2 rings (SSSR count). The summed E-state index contributed by atoms with van der Waals surface area (Å²) in [7, 11) is 1.59. The van der Waals surface area contributed by atoms with Gasteiger partial charge in [0.15, 0.2) is 0 Å². The van der Waals surface area contributed by atoms with E-state index in [2.05, 4.69) is 4.98 Å². The van der Waals surface area contributed by atoms with Gasteiger partial charge in [0.2, 0.25) is 0 Å². The molecule has 0 amide bonds. The van der Waals surface area contributed by atoms with Crippen LogP contribution in [0, 0.1) is 11.3 Å². The smallest absolute Gasteiger partial charge is 0.307 e. The van der Waals surface area contributed by atoms with Crippen molar-refractivity contribution in [3.63, 3.8) is 0 Å². The average molecular weight is 221 g/mol. The highest BCUT2D eigenvalue weighted by atomic mass is 16.5. The molecule has 0 saturated heterocycles. The van der Waals surface area contributed by atoms with Crippen LogP contribution in [0.25, 0.3) is 0 Å². The van der Waals surface area contributed by atoms with Gasteiger partial charge in [0.25, 0.3) is 0 Å². The fourth-order valence-electron chi connectivity index (χ4n) is 2.38. The monoisotopic (exact) mass is 221 g/mol. The van der Waals surface area contributed by atoms with Crippen LogP contribution in [0.4, 0.5) is 0 Å². The standard InChI is InChI=1S/C12H15NO3/c1-12(2)9(10(12)11(14)15)8-6-7(16-3)4-5-13-8/h4-6,9-10H,1-3H3,(H,14,15)/t9-,10+/m1/s1. The quantitative estimate of drug-likeness (QED) is 0.847. The second-order valence-electron chi connectivity index (χ2n) is 4.74. The Morgan fingerprint density at radius 2 is 2.25 bits per heavy atom. The molecule has 0 bridgehead atoms. The first-order chi connectivity index (χ1) is 7.48. The molecule has 0 aromatic carbocycles. The highest BCUT2D eigenvalue weighted by Gasteiger charge is 2.63. The SMILES string of the molecule is COc1ccnc([C@@H]2[C@@H](C(=O)O)C2(C)C)c1. The van der Waals surface area contributed by atoms with Gasteiger partial charge in [0, 0.05) is 23.9 Å². The number of carbonyl (C=O) groups is 1. The number of nitrogens with zero attached hydrogens (tertiary/aromatic N) is 1. The molecule has 1 aromatic heterocycles. The van der Waals surface area contributed by atoms with E-state index in [1.807, 2.05) is 19.9 Å². The molecular weight excluding hydrogens is 206 g/mol. The lowest BCUT2D eigenvalue weighted by molar-refractivity contribution is -0.139. The number of ether oxygens (including phenoxy) is 1. The Bertz CT molecular complexity index is 428. The van der Waals surface area contributed by atoms with Crippen LogP contribution in [0.15, 0.2) is 18.3 Å². The Morgan fingerprint density at radius 3 is 2.75 bits per heavy atom. The predicted octanol–water partition coefficient (Wildman–Crippen LogP) is 1.91. The van der Waals surface area contributed by atoms with Crippen LogP contribution in [0.5, 0.6) is 5.75 Å². The second kappa shape index (κ2) is 3.47. The largest absolute Gasteiger partial charge is 0.497 e. The average Bonchev–Trinajstić information content (AvgIpc) is 2.82. The molecule has 1 saturated carbocycles. The van der Waals surface area contributed by atoms with Crippen molar-refractivity contribution < 1.29 is 14.6 Å². The molecular formula is C12H15NO3. The van der Waals surface area contributed by atoms with E-state index in [9.17, 15) is 4.79 Å². The topological polar surface area (TPSA) is 59.4 Å². The van der Waals surface area contributed by atoms with E-state index in [1.165, 1.54) is 0 Å². The Kier molecular flexibility index (Phi) is 2.37. The number of pyridine rings is 1. The summed E-state index contributed by atoms with van der Waals surface area (Å²) in [6, 6.07) is 3.57. The van der Waals surface area contributed by atoms with Crippen molar-refractivity contribution in [1.82, 2.24) is 4.98 Å². The number of aromatic nitrogens is 1. The van der Waals surface area contributed by atoms with Gasteiger partial charge in [0.05, 0.1) is 13.0 Å². The molecule has 16 heavy (non-hydrogen) atoms. The molecule has 0 spiro atoms. The molecule has 2 atom stereocenters. The van der Waals surface area contributed by atoms with Crippen LogP contribution >= 0.6 is 0 Å². The molecule has 0 aliphatic heterocycles.